The molecule has 2 atom stereocenters. The van der Waals surface area contributed by atoms with Gasteiger partial charge in [-0.1, -0.05) is 11.2 Å². The van der Waals surface area contributed by atoms with E-state index in [9.17, 15) is 24.3 Å². The standard InChI is InChI=1S/C24H22N8O6S2/c1-2-38-30-16(15-11-40-24(26)28-15)20(34)29-17-21(35)32-18(23(36)37)14(10-39-22(17)32)4-3-7-31-8-5-13(6-9-31)19(33)27-12-25/h3-6,8-9,11,17,22H,2,7,10H2,1H3,(H4-,26,27,28,29,33,34,36,37)/p+1/b4-3+,30-16-/t17-,22-/m1/s1. The summed E-state index contributed by atoms with van der Waals surface area (Å²) in [5.74, 6) is -2.76. The summed E-state index contributed by atoms with van der Waals surface area (Å²) in [6, 6.07) is 2.13. The quantitative estimate of drug-likeness (QED) is 0.0733. The molecular weight excluding hydrogens is 560 g/mol. The Bertz CT molecular complexity index is 1480. The van der Waals surface area contributed by atoms with Crippen molar-refractivity contribution in [3.05, 3.63) is 64.6 Å². The Kier molecular flexibility index (Phi) is 8.76. The highest BCUT2D eigenvalue weighted by molar-refractivity contribution is 8.00. The van der Waals surface area contributed by atoms with E-state index in [-0.39, 0.29) is 28.8 Å². The number of nitriles is 1. The summed E-state index contributed by atoms with van der Waals surface area (Å²) in [6.07, 6.45) is 8.22. The summed E-state index contributed by atoms with van der Waals surface area (Å²) in [6.45, 7) is 2.26. The predicted octanol–water partition coefficient (Wildman–Crippen LogP) is -0.0407. The first-order chi connectivity index (χ1) is 19.2. The summed E-state index contributed by atoms with van der Waals surface area (Å²) < 4.78 is 1.75. The summed E-state index contributed by atoms with van der Waals surface area (Å²) in [5.41, 5.74) is 6.33. The van der Waals surface area contributed by atoms with Gasteiger partial charge in [0.15, 0.2) is 36.0 Å². The molecule has 0 radical (unpaired) electrons. The fourth-order valence-electron chi connectivity index (χ4n) is 3.88. The molecule has 0 spiro atoms. The number of carboxylic acids is 1. The molecule has 2 aliphatic heterocycles. The van der Waals surface area contributed by atoms with Gasteiger partial charge in [0.25, 0.3) is 17.7 Å². The lowest BCUT2D eigenvalue weighted by Gasteiger charge is -2.49. The molecule has 5 N–H and O–H groups in total. The number of fused-ring (bicyclic) bond motifs is 1. The minimum Gasteiger partial charge on any atom is -0.477 e. The molecule has 16 heteroatoms. The Morgan fingerprint density at radius 2 is 2.15 bits per heavy atom. The summed E-state index contributed by atoms with van der Waals surface area (Å²) >= 11 is 2.44. The largest absolute Gasteiger partial charge is 0.477 e. The zero-order valence-electron chi connectivity index (χ0n) is 20.9. The Hall–Kier alpha value is -4.75. The normalized spacial score (nSPS) is 18.6. The topological polar surface area (TPSA) is 204 Å². The van der Waals surface area contributed by atoms with Crippen LogP contribution in [0.3, 0.4) is 0 Å². The van der Waals surface area contributed by atoms with E-state index >= 15 is 0 Å². The number of thioether (sulfide) groups is 1. The first-order valence-corrected chi connectivity index (χ1v) is 13.7. The number of allylic oxidation sites excluding steroid dienone is 2. The number of β-lactam (4-membered cyclic amide) rings is 1. The molecule has 1 fully saturated rings. The predicted molar refractivity (Wildman–Crippen MR) is 143 cm³/mol. The van der Waals surface area contributed by atoms with Gasteiger partial charge >= 0.3 is 5.97 Å². The maximum Gasteiger partial charge on any atom is 0.352 e. The first kappa shape index (κ1) is 28.3. The Morgan fingerprint density at radius 3 is 2.77 bits per heavy atom. The third kappa shape index (κ3) is 5.95. The molecule has 3 amide bonds. The number of amides is 3. The van der Waals surface area contributed by atoms with Gasteiger partial charge in [0.1, 0.15) is 29.4 Å². The molecular formula is C24H23N8O6S2+. The summed E-state index contributed by atoms with van der Waals surface area (Å²) in [4.78, 5) is 60.1. The van der Waals surface area contributed by atoms with Crippen LogP contribution in [-0.4, -0.2) is 68.2 Å². The third-order valence-electron chi connectivity index (χ3n) is 5.71. The van der Waals surface area contributed by atoms with E-state index in [1.807, 2.05) is 5.32 Å². The van der Waals surface area contributed by atoms with Crippen molar-refractivity contribution in [3.63, 3.8) is 0 Å². The highest BCUT2D eigenvalue weighted by atomic mass is 32.2. The number of carboxylic acid groups (broad SMARTS) is 1. The van der Waals surface area contributed by atoms with Crippen molar-refractivity contribution in [2.45, 2.75) is 24.9 Å². The van der Waals surface area contributed by atoms with Crippen molar-refractivity contribution in [2.24, 2.45) is 5.16 Å². The summed E-state index contributed by atoms with van der Waals surface area (Å²) in [7, 11) is 0. The highest BCUT2D eigenvalue weighted by Gasteiger charge is 2.54. The van der Waals surface area contributed by atoms with Crippen LogP contribution in [0.2, 0.25) is 0 Å². The summed E-state index contributed by atoms with van der Waals surface area (Å²) in [5, 5.41) is 28.1. The number of carbonyl (C=O) groups excluding carboxylic acids is 3. The fourth-order valence-corrected chi connectivity index (χ4v) is 5.75. The number of oxime groups is 1. The van der Waals surface area contributed by atoms with Crippen LogP contribution in [0.1, 0.15) is 23.0 Å². The zero-order chi connectivity index (χ0) is 28.8. The Labute approximate surface area is 235 Å². The van der Waals surface area contributed by atoms with Crippen LogP contribution in [0.4, 0.5) is 5.13 Å². The van der Waals surface area contributed by atoms with Crippen LogP contribution >= 0.6 is 23.1 Å². The smallest absolute Gasteiger partial charge is 0.352 e. The molecule has 2 aromatic heterocycles. The molecule has 14 nitrogen and oxygen atoms in total. The van der Waals surface area contributed by atoms with Crippen LogP contribution in [0, 0.1) is 11.5 Å². The van der Waals surface area contributed by atoms with Crippen molar-refractivity contribution < 1.29 is 33.7 Å². The van der Waals surface area contributed by atoms with E-state index in [1.165, 1.54) is 11.8 Å². The number of nitrogens with two attached hydrogens (primary N) is 1. The van der Waals surface area contributed by atoms with Gasteiger partial charge in [0.2, 0.25) is 0 Å². The van der Waals surface area contributed by atoms with E-state index in [1.54, 1.807) is 59.7 Å². The molecule has 0 unspecified atom stereocenters. The second-order valence-electron chi connectivity index (χ2n) is 8.22. The lowest BCUT2D eigenvalue weighted by atomic mass is 10.0. The van der Waals surface area contributed by atoms with E-state index in [4.69, 9.17) is 15.8 Å². The number of thiazole rings is 1. The van der Waals surface area contributed by atoms with Crippen molar-refractivity contribution in [2.75, 3.05) is 18.1 Å². The minimum atomic E-state index is -1.26. The average molecular weight is 584 g/mol. The molecule has 1 saturated heterocycles. The molecule has 4 rings (SSSR count). The molecule has 2 aromatic rings. The van der Waals surface area contributed by atoms with Gasteiger partial charge in [0.05, 0.1) is 5.56 Å². The van der Waals surface area contributed by atoms with E-state index in [2.05, 4.69) is 15.5 Å². The number of nitrogens with zero attached hydrogens (tertiary/aromatic N) is 5. The van der Waals surface area contributed by atoms with Crippen LogP contribution in [0.5, 0.6) is 0 Å². The van der Waals surface area contributed by atoms with Crippen LogP contribution in [-0.2, 0) is 25.8 Å². The number of aromatic nitrogens is 2. The number of rotatable bonds is 10. The number of nitrogen functional groups attached to an aromatic ring is 1. The van der Waals surface area contributed by atoms with E-state index in [0.717, 1.165) is 16.2 Å². The number of anilines is 1. The van der Waals surface area contributed by atoms with Crippen molar-refractivity contribution in [1.29, 1.82) is 5.26 Å². The Morgan fingerprint density at radius 1 is 1.40 bits per heavy atom. The maximum absolute atomic E-state index is 13.0. The van der Waals surface area contributed by atoms with Crippen molar-refractivity contribution in [1.82, 2.24) is 20.5 Å². The van der Waals surface area contributed by atoms with Gasteiger partial charge in [-0.2, -0.15) is 5.26 Å². The lowest BCUT2D eigenvalue weighted by Crippen LogP contribution is -2.71. The van der Waals surface area contributed by atoms with Gasteiger partial charge in [-0.05, 0) is 18.6 Å². The average Bonchev–Trinajstić information content (AvgIpc) is 3.37. The second-order valence-corrected chi connectivity index (χ2v) is 10.2. The molecule has 2 aliphatic rings. The van der Waals surface area contributed by atoms with Crippen molar-refractivity contribution >= 4 is 57.6 Å². The number of hydrogen-bond donors (Lipinski definition) is 4. The van der Waals surface area contributed by atoms with Gasteiger partial charge < -0.3 is 21.0 Å². The molecule has 0 saturated carbocycles. The number of carbonyl (C=O) groups is 4. The number of aliphatic carboxylic acids is 1. The fraction of sp³-hybridized carbons (Fsp3) is 0.250. The van der Waals surface area contributed by atoms with Crippen LogP contribution < -0.4 is 20.9 Å². The number of hydrogen-bond acceptors (Lipinski definition) is 11. The first-order valence-electron chi connectivity index (χ1n) is 11.7. The van der Waals surface area contributed by atoms with Crippen molar-refractivity contribution in [3.8, 4) is 6.19 Å². The molecule has 0 aromatic carbocycles. The number of pyridine rings is 1. The minimum absolute atomic E-state index is 0.143. The lowest BCUT2D eigenvalue weighted by molar-refractivity contribution is -0.687. The highest BCUT2D eigenvalue weighted by Crippen LogP contribution is 2.40. The van der Waals surface area contributed by atoms with E-state index in [0.29, 0.717) is 23.4 Å². The molecule has 206 valence electrons. The van der Waals surface area contributed by atoms with Gasteiger partial charge in [-0.25, -0.2) is 14.3 Å². The zero-order valence-corrected chi connectivity index (χ0v) is 22.6. The molecule has 40 heavy (non-hydrogen) atoms. The van der Waals surface area contributed by atoms with Gasteiger partial charge in [-0.15, -0.1) is 23.1 Å². The van der Waals surface area contributed by atoms with Crippen LogP contribution in [0.25, 0.3) is 0 Å². The molecule has 0 bridgehead atoms. The molecule has 4 heterocycles. The third-order valence-corrected chi connectivity index (χ3v) is 7.69. The van der Waals surface area contributed by atoms with Gasteiger partial charge in [0, 0.05) is 23.3 Å². The maximum atomic E-state index is 13.0. The number of nitrogens with one attached hydrogen (secondary N) is 2. The monoisotopic (exact) mass is 583 g/mol. The van der Waals surface area contributed by atoms with Gasteiger partial charge in [-0.3, -0.25) is 24.6 Å². The SMILES string of the molecule is CCO/N=C(\C(=O)N[C@@H]1C(=O)N2C(C(=O)O)=C(/C=C/C[n+]3ccc(C(=O)NC#N)cc3)CS[C@H]12)c1csc(N)n1. The van der Waals surface area contributed by atoms with Crippen LogP contribution in [0.15, 0.2) is 58.5 Å². The molecule has 0 aliphatic carbocycles. The Balaban J connectivity index is 1.45. The van der Waals surface area contributed by atoms with E-state index < -0.39 is 35.1 Å². The second kappa shape index (κ2) is 12.4.